The molecule has 0 aliphatic heterocycles. The number of carbonyl (C=O) groups is 2. The molecule has 1 fully saturated rings. The first-order chi connectivity index (χ1) is 14.6. The van der Waals surface area contributed by atoms with Crippen LogP contribution in [0.2, 0.25) is 0 Å². The van der Waals surface area contributed by atoms with E-state index in [4.69, 9.17) is 11.6 Å². The summed E-state index contributed by atoms with van der Waals surface area (Å²) in [4.78, 5) is 36.6. The van der Waals surface area contributed by atoms with Crippen LogP contribution in [0.3, 0.4) is 0 Å². The van der Waals surface area contributed by atoms with Gasteiger partial charge in [-0.3, -0.25) is 24.4 Å². The number of fused-ring (bicyclic) bond motifs is 2. The van der Waals surface area contributed by atoms with Gasteiger partial charge in [-0.15, -0.1) is 0 Å². The van der Waals surface area contributed by atoms with E-state index in [-0.39, 0.29) is 21.4 Å². The van der Waals surface area contributed by atoms with E-state index < -0.39 is 55.9 Å². The number of allylic oxidation sites excluding steroid dienone is 7. The van der Waals surface area contributed by atoms with Crippen LogP contribution in [0.1, 0.15) is 0 Å². The minimum Gasteiger partial charge on any atom is -0.508 e. The number of hydrogen-bond acceptors (Lipinski definition) is 7. The molecule has 4 atom stereocenters. The van der Waals surface area contributed by atoms with E-state index in [0.717, 1.165) is 12.2 Å². The largest absolute Gasteiger partial charge is 0.508 e. The Balaban J connectivity index is 1.69. The summed E-state index contributed by atoms with van der Waals surface area (Å²) in [6, 6.07) is 5.31. The number of Topliss-reactive ketones (excluding diaryl/α,β-unsaturated/α-hetero) is 2. The third kappa shape index (κ3) is 3.57. The van der Waals surface area contributed by atoms with Crippen molar-refractivity contribution < 1.29 is 28.0 Å². The Morgan fingerprint density at radius 1 is 1.03 bits per heavy atom. The summed E-state index contributed by atoms with van der Waals surface area (Å²) >= 11 is 6.11. The van der Waals surface area contributed by atoms with Crippen molar-refractivity contribution in [2.45, 2.75) is 0 Å². The molecular formula is C20H15ClN2O7S. The van der Waals surface area contributed by atoms with Crippen LogP contribution in [-0.2, 0) is 19.6 Å². The Hall–Kier alpha value is -3.24. The van der Waals surface area contributed by atoms with Crippen molar-refractivity contribution >= 4 is 38.9 Å². The van der Waals surface area contributed by atoms with E-state index in [1.165, 1.54) is 42.5 Å². The Morgan fingerprint density at radius 3 is 2.32 bits per heavy atom. The van der Waals surface area contributed by atoms with E-state index in [1.807, 2.05) is 0 Å². The highest BCUT2D eigenvalue weighted by Crippen LogP contribution is 2.46. The lowest BCUT2D eigenvalue weighted by molar-refractivity contribution is -0.433. The molecule has 160 valence electrons. The van der Waals surface area contributed by atoms with Gasteiger partial charge in [0, 0.05) is 22.7 Å². The van der Waals surface area contributed by atoms with Crippen LogP contribution in [0, 0.1) is 33.8 Å². The predicted molar refractivity (Wildman–Crippen MR) is 111 cm³/mol. The van der Waals surface area contributed by atoms with E-state index >= 15 is 0 Å². The van der Waals surface area contributed by atoms with Gasteiger partial charge in [0.15, 0.2) is 5.78 Å². The molecule has 3 aliphatic carbocycles. The highest BCUT2D eigenvalue weighted by molar-refractivity contribution is 7.96. The highest BCUT2D eigenvalue weighted by Gasteiger charge is 2.55. The van der Waals surface area contributed by atoms with Gasteiger partial charge < -0.3 is 5.11 Å². The predicted octanol–water partition coefficient (Wildman–Crippen LogP) is 2.50. The van der Waals surface area contributed by atoms with Crippen LogP contribution >= 0.6 is 11.6 Å². The molecule has 0 unspecified atom stereocenters. The number of aromatic hydroxyl groups is 1. The number of anilines is 1. The molecule has 0 heterocycles. The molecule has 1 saturated carbocycles. The van der Waals surface area contributed by atoms with Gasteiger partial charge in [0.05, 0.1) is 21.7 Å². The molecule has 1 aromatic rings. The van der Waals surface area contributed by atoms with Crippen LogP contribution in [0.25, 0.3) is 0 Å². The number of phenols is 1. The van der Waals surface area contributed by atoms with Crippen molar-refractivity contribution in [3.05, 3.63) is 80.4 Å². The minimum absolute atomic E-state index is 0.0391. The molecule has 11 heteroatoms. The lowest BCUT2D eigenvalue weighted by Gasteiger charge is -2.37. The number of phenolic OH excluding ortho intramolecular Hbond substituents is 1. The molecule has 9 nitrogen and oxygen atoms in total. The number of nitrogens with zero attached hydrogens (tertiary/aromatic N) is 1. The maximum absolute atomic E-state index is 13.2. The van der Waals surface area contributed by atoms with Gasteiger partial charge in [0.1, 0.15) is 17.5 Å². The fraction of sp³-hybridized carbons (Fsp3) is 0.200. The van der Waals surface area contributed by atoms with Crippen LogP contribution < -0.4 is 4.72 Å². The fourth-order valence-corrected chi connectivity index (χ4v) is 5.45. The zero-order valence-corrected chi connectivity index (χ0v) is 17.2. The van der Waals surface area contributed by atoms with Gasteiger partial charge in [-0.25, -0.2) is 8.42 Å². The topological polar surface area (TPSA) is 144 Å². The minimum atomic E-state index is -4.12. The third-order valence-corrected chi connectivity index (χ3v) is 7.23. The average Bonchev–Trinajstić information content (AvgIpc) is 2.72. The van der Waals surface area contributed by atoms with Gasteiger partial charge in [-0.1, -0.05) is 23.8 Å². The van der Waals surface area contributed by atoms with Gasteiger partial charge in [-0.2, -0.15) is 0 Å². The highest BCUT2D eigenvalue weighted by atomic mass is 35.5. The second-order valence-corrected chi connectivity index (χ2v) is 9.41. The van der Waals surface area contributed by atoms with Crippen molar-refractivity contribution in [1.29, 1.82) is 0 Å². The number of nitrogens with one attached hydrogen (secondary N) is 1. The smallest absolute Gasteiger partial charge is 0.261 e. The van der Waals surface area contributed by atoms with E-state index in [0.29, 0.717) is 0 Å². The number of nitro groups is 1. The van der Waals surface area contributed by atoms with Crippen molar-refractivity contribution in [1.82, 2.24) is 0 Å². The first-order valence-corrected chi connectivity index (χ1v) is 11.0. The maximum Gasteiger partial charge on any atom is 0.261 e. The summed E-state index contributed by atoms with van der Waals surface area (Å²) in [6.45, 7) is 0. The summed E-state index contributed by atoms with van der Waals surface area (Å²) in [7, 11) is -4.12. The fourth-order valence-electron chi connectivity index (χ4n) is 4.01. The Morgan fingerprint density at radius 2 is 1.68 bits per heavy atom. The van der Waals surface area contributed by atoms with Crippen LogP contribution in [0.4, 0.5) is 5.69 Å². The van der Waals surface area contributed by atoms with E-state index in [2.05, 4.69) is 4.72 Å². The lowest BCUT2D eigenvalue weighted by atomic mass is 9.63. The molecule has 0 spiro atoms. The summed E-state index contributed by atoms with van der Waals surface area (Å²) in [5.41, 5.74) is -0.260. The Kier molecular flexibility index (Phi) is 5.06. The second-order valence-electron chi connectivity index (χ2n) is 7.29. The van der Waals surface area contributed by atoms with Crippen molar-refractivity contribution in [3.8, 4) is 5.75 Å². The average molecular weight is 463 g/mol. The van der Waals surface area contributed by atoms with Crippen LogP contribution in [0.15, 0.2) is 70.3 Å². The van der Waals surface area contributed by atoms with Crippen molar-refractivity contribution in [2.75, 3.05) is 4.72 Å². The summed E-state index contributed by atoms with van der Waals surface area (Å²) in [5, 5.41) is 20.8. The SMILES string of the molecule is O=C1[C@@H]2C([N+](=O)[O-])=CC=C(Cl)[C@@H]2C(=O)[C@@H]2C=CC(S(=O)(=O)Nc3ccc(O)cc3)=C[C@H]12. The zero-order valence-electron chi connectivity index (χ0n) is 15.6. The molecule has 3 aliphatic rings. The first-order valence-electron chi connectivity index (χ1n) is 9.11. The number of carbonyl (C=O) groups excluding carboxylic acids is 2. The van der Waals surface area contributed by atoms with Gasteiger partial charge in [-0.05, 0) is 36.4 Å². The first kappa shape index (κ1) is 21.0. The van der Waals surface area contributed by atoms with E-state index in [9.17, 15) is 33.2 Å². The normalized spacial score (nSPS) is 27.5. The monoisotopic (exact) mass is 462 g/mol. The molecule has 1 aromatic carbocycles. The number of sulfonamides is 1. The summed E-state index contributed by atoms with van der Waals surface area (Å²) in [6.07, 6.45) is 6.03. The number of benzene rings is 1. The van der Waals surface area contributed by atoms with Gasteiger partial charge >= 0.3 is 0 Å². The van der Waals surface area contributed by atoms with Crippen LogP contribution in [-0.4, -0.2) is 30.0 Å². The van der Waals surface area contributed by atoms with Gasteiger partial charge in [0.2, 0.25) is 0 Å². The second kappa shape index (κ2) is 7.47. The van der Waals surface area contributed by atoms with Crippen LogP contribution in [0.5, 0.6) is 5.75 Å². The number of hydrogen-bond donors (Lipinski definition) is 2. The van der Waals surface area contributed by atoms with E-state index in [1.54, 1.807) is 0 Å². The summed E-state index contributed by atoms with van der Waals surface area (Å²) in [5.74, 6) is -5.82. The zero-order chi connectivity index (χ0) is 22.5. The molecule has 0 radical (unpaired) electrons. The molecule has 2 N–H and O–H groups in total. The quantitative estimate of drug-likeness (QED) is 0.397. The van der Waals surface area contributed by atoms with Gasteiger partial charge in [0.25, 0.3) is 15.7 Å². The standard InChI is InChI=1S/C20H15ClN2O7S/c21-15-7-8-16(23(27)28)18-17(15)19(25)13-6-5-12(9-14(13)20(18)26)31(29,30)22-10-1-3-11(24)4-2-10/h1-9,13-14,17-18,22,24H/t13-,14+,17+,18-/m1/s1. The Labute approximate surface area is 181 Å². The number of ketones is 2. The lowest BCUT2D eigenvalue weighted by Crippen LogP contribution is -2.49. The Bertz CT molecular complexity index is 1230. The number of halogens is 1. The molecule has 0 aromatic heterocycles. The molecule has 0 saturated heterocycles. The molecule has 0 bridgehead atoms. The molecule has 0 amide bonds. The maximum atomic E-state index is 13.2. The van der Waals surface area contributed by atoms with Crippen molar-refractivity contribution in [2.24, 2.45) is 23.7 Å². The molecule has 31 heavy (non-hydrogen) atoms. The summed E-state index contributed by atoms with van der Waals surface area (Å²) < 4.78 is 27.9. The molecule has 4 rings (SSSR count). The van der Waals surface area contributed by atoms with Crippen molar-refractivity contribution in [3.63, 3.8) is 0 Å². The molecular weight excluding hydrogens is 448 g/mol. The third-order valence-electron chi connectivity index (χ3n) is 5.47. The number of rotatable bonds is 4.